The summed E-state index contributed by atoms with van der Waals surface area (Å²) in [6.07, 6.45) is 6.92. The third kappa shape index (κ3) is 4.01. The molecule has 0 aliphatic carbocycles. The van der Waals surface area contributed by atoms with Crippen LogP contribution in [0.1, 0.15) is 25.3 Å². The van der Waals surface area contributed by atoms with Gasteiger partial charge >= 0.3 is 0 Å². The van der Waals surface area contributed by atoms with Crippen LogP contribution in [0, 0.1) is 5.92 Å². The molecule has 2 N–H and O–H groups in total. The fourth-order valence-corrected chi connectivity index (χ4v) is 3.06. The molecule has 1 aliphatic rings. The van der Waals surface area contributed by atoms with Crippen molar-refractivity contribution in [2.75, 3.05) is 5.32 Å². The van der Waals surface area contributed by atoms with Gasteiger partial charge in [0.15, 0.2) is 0 Å². The summed E-state index contributed by atoms with van der Waals surface area (Å²) in [6.45, 7) is 2.64. The van der Waals surface area contributed by atoms with Gasteiger partial charge in [-0.15, -0.1) is 0 Å². The van der Waals surface area contributed by atoms with Crippen LogP contribution < -0.4 is 10.6 Å². The average Bonchev–Trinajstić information content (AvgIpc) is 3.05. The van der Waals surface area contributed by atoms with Gasteiger partial charge in [-0.3, -0.25) is 9.59 Å². The van der Waals surface area contributed by atoms with E-state index in [1.54, 1.807) is 12.5 Å². The SMILES string of the molecule is C[C@H](Cn1ccnc1)NC(=O)CC[C@H]1Cc2ccccc2NC1=O. The maximum absolute atomic E-state index is 12.2. The van der Waals surface area contributed by atoms with Gasteiger partial charge in [-0.1, -0.05) is 18.2 Å². The van der Waals surface area contributed by atoms with Crippen molar-refractivity contribution in [3.63, 3.8) is 0 Å². The van der Waals surface area contributed by atoms with Crippen LogP contribution in [0.4, 0.5) is 5.69 Å². The van der Waals surface area contributed by atoms with E-state index in [1.165, 1.54) is 0 Å². The number of amides is 2. The Morgan fingerprint density at radius 3 is 3.08 bits per heavy atom. The molecule has 0 fully saturated rings. The molecule has 3 rings (SSSR count). The van der Waals surface area contributed by atoms with Crippen molar-refractivity contribution in [3.8, 4) is 0 Å². The molecule has 0 unspecified atom stereocenters. The first-order chi connectivity index (χ1) is 11.6. The van der Waals surface area contributed by atoms with E-state index in [0.717, 1.165) is 11.3 Å². The van der Waals surface area contributed by atoms with Crippen LogP contribution >= 0.6 is 0 Å². The molecule has 0 radical (unpaired) electrons. The molecule has 6 heteroatoms. The fourth-order valence-electron chi connectivity index (χ4n) is 3.06. The zero-order valence-corrected chi connectivity index (χ0v) is 13.7. The quantitative estimate of drug-likeness (QED) is 0.852. The lowest BCUT2D eigenvalue weighted by Crippen LogP contribution is -2.36. The summed E-state index contributed by atoms with van der Waals surface area (Å²) in [4.78, 5) is 28.2. The normalized spacial score (nSPS) is 17.7. The zero-order chi connectivity index (χ0) is 16.9. The van der Waals surface area contributed by atoms with Crippen LogP contribution in [-0.4, -0.2) is 27.4 Å². The van der Waals surface area contributed by atoms with Crippen molar-refractivity contribution < 1.29 is 9.59 Å². The molecular weight excluding hydrogens is 304 g/mol. The number of benzene rings is 1. The number of carbonyl (C=O) groups excluding carboxylic acids is 2. The monoisotopic (exact) mass is 326 g/mol. The largest absolute Gasteiger partial charge is 0.352 e. The van der Waals surface area contributed by atoms with Crippen molar-refractivity contribution in [1.29, 1.82) is 0 Å². The highest BCUT2D eigenvalue weighted by Gasteiger charge is 2.26. The summed E-state index contributed by atoms with van der Waals surface area (Å²) in [7, 11) is 0. The number of nitrogens with one attached hydrogen (secondary N) is 2. The number of imidazole rings is 1. The Bertz CT molecular complexity index is 712. The van der Waals surface area contributed by atoms with Gasteiger partial charge in [-0.05, 0) is 31.4 Å². The number of anilines is 1. The third-order valence-corrected chi connectivity index (χ3v) is 4.28. The minimum atomic E-state index is -0.144. The number of carbonyl (C=O) groups is 2. The first-order valence-electron chi connectivity index (χ1n) is 8.25. The Balaban J connectivity index is 1.47. The predicted octanol–water partition coefficient (Wildman–Crippen LogP) is 1.98. The van der Waals surface area contributed by atoms with Gasteiger partial charge in [0.1, 0.15) is 0 Å². The first-order valence-corrected chi connectivity index (χ1v) is 8.25. The van der Waals surface area contributed by atoms with Crippen molar-refractivity contribution in [1.82, 2.24) is 14.9 Å². The fraction of sp³-hybridized carbons (Fsp3) is 0.389. The summed E-state index contributed by atoms with van der Waals surface area (Å²) >= 11 is 0. The minimum absolute atomic E-state index is 0.00737. The summed E-state index contributed by atoms with van der Waals surface area (Å²) in [5.74, 6) is -0.156. The summed E-state index contributed by atoms with van der Waals surface area (Å²) in [5, 5.41) is 5.90. The highest BCUT2D eigenvalue weighted by Crippen LogP contribution is 2.27. The smallest absolute Gasteiger partial charge is 0.227 e. The molecule has 2 heterocycles. The molecule has 2 amide bonds. The molecule has 0 saturated carbocycles. The van der Waals surface area contributed by atoms with Crippen LogP contribution in [0.25, 0.3) is 0 Å². The number of hydrogen-bond donors (Lipinski definition) is 2. The van der Waals surface area contributed by atoms with Crippen molar-refractivity contribution in [2.45, 2.75) is 38.8 Å². The molecular formula is C18H22N4O2. The second-order valence-electron chi connectivity index (χ2n) is 6.31. The second-order valence-corrected chi connectivity index (χ2v) is 6.31. The molecule has 1 aromatic heterocycles. The summed E-state index contributed by atoms with van der Waals surface area (Å²) in [5.41, 5.74) is 2.02. The van der Waals surface area contributed by atoms with Crippen LogP contribution in [-0.2, 0) is 22.6 Å². The van der Waals surface area contributed by atoms with Crippen LogP contribution in [0.2, 0.25) is 0 Å². The lowest BCUT2D eigenvalue weighted by Gasteiger charge is -2.24. The highest BCUT2D eigenvalue weighted by atomic mass is 16.2. The topological polar surface area (TPSA) is 76.0 Å². The molecule has 6 nitrogen and oxygen atoms in total. The molecule has 0 saturated heterocycles. The molecule has 24 heavy (non-hydrogen) atoms. The lowest BCUT2D eigenvalue weighted by atomic mass is 9.89. The molecule has 1 aromatic carbocycles. The predicted molar refractivity (Wildman–Crippen MR) is 91.3 cm³/mol. The Kier molecular flexibility index (Phi) is 4.93. The number of nitrogens with zero attached hydrogens (tertiary/aromatic N) is 2. The molecule has 2 atom stereocenters. The van der Waals surface area contributed by atoms with E-state index in [-0.39, 0.29) is 23.8 Å². The molecule has 0 spiro atoms. The molecule has 126 valence electrons. The summed E-state index contributed by atoms with van der Waals surface area (Å²) in [6, 6.07) is 7.84. The highest BCUT2D eigenvalue weighted by molar-refractivity contribution is 5.96. The third-order valence-electron chi connectivity index (χ3n) is 4.28. The van der Waals surface area contributed by atoms with E-state index >= 15 is 0 Å². The molecule has 1 aliphatic heterocycles. The van der Waals surface area contributed by atoms with Gasteiger partial charge < -0.3 is 15.2 Å². The Hall–Kier alpha value is -2.63. The van der Waals surface area contributed by atoms with Gasteiger partial charge in [-0.2, -0.15) is 0 Å². The van der Waals surface area contributed by atoms with Crippen molar-refractivity contribution >= 4 is 17.5 Å². The van der Waals surface area contributed by atoms with E-state index in [0.29, 0.717) is 25.8 Å². The zero-order valence-electron chi connectivity index (χ0n) is 13.7. The van der Waals surface area contributed by atoms with Crippen LogP contribution in [0.3, 0.4) is 0 Å². The number of rotatable bonds is 6. The Labute approximate surface area is 141 Å². The molecule has 2 aromatic rings. The maximum atomic E-state index is 12.2. The minimum Gasteiger partial charge on any atom is -0.352 e. The van der Waals surface area contributed by atoms with Gasteiger partial charge in [0.05, 0.1) is 6.33 Å². The Morgan fingerprint density at radius 1 is 1.46 bits per heavy atom. The van der Waals surface area contributed by atoms with E-state index < -0.39 is 0 Å². The van der Waals surface area contributed by atoms with Crippen molar-refractivity contribution in [2.24, 2.45) is 5.92 Å². The second kappa shape index (κ2) is 7.29. The summed E-state index contributed by atoms with van der Waals surface area (Å²) < 4.78 is 1.93. The van der Waals surface area contributed by atoms with Gasteiger partial charge in [0.25, 0.3) is 0 Å². The van der Waals surface area contributed by atoms with Crippen LogP contribution in [0.15, 0.2) is 43.0 Å². The number of hydrogen-bond acceptors (Lipinski definition) is 3. The number of para-hydroxylation sites is 1. The maximum Gasteiger partial charge on any atom is 0.227 e. The molecule has 0 bridgehead atoms. The van der Waals surface area contributed by atoms with Crippen LogP contribution in [0.5, 0.6) is 0 Å². The first kappa shape index (κ1) is 16.2. The van der Waals surface area contributed by atoms with E-state index in [9.17, 15) is 9.59 Å². The number of aromatic nitrogens is 2. The van der Waals surface area contributed by atoms with E-state index in [2.05, 4.69) is 15.6 Å². The van der Waals surface area contributed by atoms with Gasteiger partial charge in [0.2, 0.25) is 11.8 Å². The average molecular weight is 326 g/mol. The van der Waals surface area contributed by atoms with Gasteiger partial charge in [0, 0.05) is 43.0 Å². The number of fused-ring (bicyclic) bond motifs is 1. The Morgan fingerprint density at radius 2 is 2.29 bits per heavy atom. The van der Waals surface area contributed by atoms with E-state index in [4.69, 9.17) is 0 Å². The van der Waals surface area contributed by atoms with Crippen molar-refractivity contribution in [3.05, 3.63) is 48.5 Å². The standard InChI is InChI=1S/C18H22N4O2/c1-13(11-22-9-8-19-12-22)20-17(23)7-6-15-10-14-4-2-3-5-16(14)21-18(15)24/h2-5,8-9,12-13,15H,6-7,10-11H2,1H3,(H,20,23)(H,21,24)/t13-,15+/m1/s1. The lowest BCUT2D eigenvalue weighted by molar-refractivity contribution is -0.123. The van der Waals surface area contributed by atoms with Gasteiger partial charge in [-0.25, -0.2) is 4.98 Å². The van der Waals surface area contributed by atoms with E-state index in [1.807, 2.05) is 42.0 Å².